The monoisotopic (exact) mass is 407 g/mol. The van der Waals surface area contributed by atoms with Crippen LogP contribution in [0.2, 0.25) is 0 Å². The molecule has 2 aromatic carbocycles. The predicted octanol–water partition coefficient (Wildman–Crippen LogP) is 3.94. The molecule has 4 rings (SSSR count). The Labute approximate surface area is 172 Å². The first-order chi connectivity index (χ1) is 14.0. The van der Waals surface area contributed by atoms with Crippen molar-refractivity contribution in [1.29, 1.82) is 0 Å². The lowest BCUT2D eigenvalue weighted by Crippen LogP contribution is -2.21. The Morgan fingerprint density at radius 2 is 2.14 bits per heavy atom. The first-order valence-corrected chi connectivity index (χ1v) is 10.2. The second kappa shape index (κ2) is 8.45. The number of fused-ring (bicyclic) bond motifs is 1. The van der Waals surface area contributed by atoms with Crippen molar-refractivity contribution in [1.82, 2.24) is 4.98 Å². The normalized spacial score (nSPS) is 12.8. The van der Waals surface area contributed by atoms with Crippen molar-refractivity contribution in [2.75, 3.05) is 17.2 Å². The molecule has 1 aromatic heterocycles. The molecule has 1 aliphatic heterocycles. The van der Waals surface area contributed by atoms with Crippen LogP contribution in [-0.2, 0) is 22.4 Å². The maximum absolute atomic E-state index is 12.2. The van der Waals surface area contributed by atoms with Gasteiger partial charge in [0, 0.05) is 29.6 Å². The van der Waals surface area contributed by atoms with Crippen LogP contribution in [0.25, 0.3) is 0 Å². The zero-order valence-electron chi connectivity index (χ0n) is 16.0. The van der Waals surface area contributed by atoms with Gasteiger partial charge in [-0.15, -0.1) is 11.3 Å². The van der Waals surface area contributed by atoms with Crippen LogP contribution in [0.1, 0.15) is 28.0 Å². The molecule has 148 valence electrons. The van der Waals surface area contributed by atoms with E-state index in [-0.39, 0.29) is 18.4 Å². The van der Waals surface area contributed by atoms with Crippen molar-refractivity contribution in [2.24, 2.45) is 0 Å². The lowest BCUT2D eigenvalue weighted by Gasteiger charge is -2.17. The molecule has 0 fully saturated rings. The first kappa shape index (κ1) is 19.1. The fourth-order valence-electron chi connectivity index (χ4n) is 3.22. The van der Waals surface area contributed by atoms with Crippen molar-refractivity contribution in [3.05, 3.63) is 70.2 Å². The topological polar surface area (TPSA) is 80.3 Å². The average molecular weight is 407 g/mol. The Hall–Kier alpha value is -3.19. The molecule has 0 atom stereocenters. The van der Waals surface area contributed by atoms with E-state index in [0.29, 0.717) is 23.7 Å². The fraction of sp³-hybridized carbons (Fsp3) is 0.227. The number of thiazole rings is 1. The van der Waals surface area contributed by atoms with Crippen LogP contribution in [0.5, 0.6) is 5.75 Å². The van der Waals surface area contributed by atoms with Gasteiger partial charge < -0.3 is 10.1 Å². The number of benzene rings is 2. The standard InChI is InChI=1S/C22H21N3O3S/c1-14-3-2-4-15(9-14)10-18-12-23-22(29-18)25-21(27)13-28-17-6-7-19-16(11-17)5-8-20(26)24-19/h2-4,6-7,9,11-12H,5,8,10,13H2,1H3,(H,24,26)(H,23,25,27). The molecule has 0 radical (unpaired) electrons. The minimum atomic E-state index is -0.257. The molecule has 2 amide bonds. The van der Waals surface area contributed by atoms with Crippen LogP contribution in [0.15, 0.2) is 48.7 Å². The smallest absolute Gasteiger partial charge is 0.264 e. The summed E-state index contributed by atoms with van der Waals surface area (Å²) in [7, 11) is 0. The van der Waals surface area contributed by atoms with E-state index in [2.05, 4.69) is 40.7 Å². The second-order valence-electron chi connectivity index (χ2n) is 7.00. The summed E-state index contributed by atoms with van der Waals surface area (Å²) in [6.07, 6.45) is 3.72. The highest BCUT2D eigenvalue weighted by molar-refractivity contribution is 7.15. The number of aromatic nitrogens is 1. The number of nitrogens with one attached hydrogen (secondary N) is 2. The molecule has 3 aromatic rings. The largest absolute Gasteiger partial charge is 0.484 e. The van der Waals surface area contributed by atoms with Crippen molar-refractivity contribution in [3.63, 3.8) is 0 Å². The molecular weight excluding hydrogens is 386 g/mol. The third-order valence-electron chi connectivity index (χ3n) is 4.60. The number of ether oxygens (including phenoxy) is 1. The Morgan fingerprint density at radius 3 is 3.00 bits per heavy atom. The van der Waals surface area contributed by atoms with Gasteiger partial charge in [0.15, 0.2) is 11.7 Å². The zero-order chi connectivity index (χ0) is 20.2. The molecule has 0 spiro atoms. The fourth-order valence-corrected chi connectivity index (χ4v) is 4.09. The van der Waals surface area contributed by atoms with Crippen LogP contribution in [0.4, 0.5) is 10.8 Å². The van der Waals surface area contributed by atoms with Crippen LogP contribution in [0, 0.1) is 6.92 Å². The average Bonchev–Trinajstić information content (AvgIpc) is 3.13. The van der Waals surface area contributed by atoms with Crippen molar-refractivity contribution in [2.45, 2.75) is 26.2 Å². The van der Waals surface area contributed by atoms with Gasteiger partial charge in [-0.25, -0.2) is 4.98 Å². The summed E-state index contributed by atoms with van der Waals surface area (Å²) in [6.45, 7) is 1.97. The SMILES string of the molecule is Cc1cccc(Cc2cnc(NC(=O)COc3ccc4c(c3)CCC(=O)N4)s2)c1. The molecule has 0 saturated heterocycles. The third kappa shape index (κ3) is 5.00. The van der Waals surface area contributed by atoms with E-state index >= 15 is 0 Å². The van der Waals surface area contributed by atoms with E-state index in [1.54, 1.807) is 18.3 Å². The van der Waals surface area contributed by atoms with E-state index in [4.69, 9.17) is 4.74 Å². The first-order valence-electron chi connectivity index (χ1n) is 9.41. The molecule has 7 heteroatoms. The van der Waals surface area contributed by atoms with Gasteiger partial charge in [-0.2, -0.15) is 0 Å². The predicted molar refractivity (Wildman–Crippen MR) is 114 cm³/mol. The number of rotatable bonds is 6. The summed E-state index contributed by atoms with van der Waals surface area (Å²) in [5, 5.41) is 6.18. The molecule has 6 nitrogen and oxygen atoms in total. The van der Waals surface area contributed by atoms with E-state index in [0.717, 1.165) is 22.5 Å². The van der Waals surface area contributed by atoms with Gasteiger partial charge in [0.25, 0.3) is 5.91 Å². The van der Waals surface area contributed by atoms with Gasteiger partial charge in [0.2, 0.25) is 5.91 Å². The maximum Gasteiger partial charge on any atom is 0.264 e. The Bertz CT molecular complexity index is 1060. The number of hydrogen-bond donors (Lipinski definition) is 2. The summed E-state index contributed by atoms with van der Waals surface area (Å²) >= 11 is 1.46. The van der Waals surface area contributed by atoms with Gasteiger partial charge in [0.05, 0.1) is 0 Å². The van der Waals surface area contributed by atoms with E-state index < -0.39 is 0 Å². The quantitative estimate of drug-likeness (QED) is 0.649. The number of hydrogen-bond acceptors (Lipinski definition) is 5. The van der Waals surface area contributed by atoms with Gasteiger partial charge in [0.1, 0.15) is 5.75 Å². The highest BCUT2D eigenvalue weighted by Crippen LogP contribution is 2.27. The molecule has 2 N–H and O–H groups in total. The van der Waals surface area contributed by atoms with E-state index in [9.17, 15) is 9.59 Å². The Morgan fingerprint density at radius 1 is 1.24 bits per heavy atom. The molecule has 29 heavy (non-hydrogen) atoms. The molecule has 0 aliphatic carbocycles. The number of aryl methyl sites for hydroxylation is 2. The summed E-state index contributed by atoms with van der Waals surface area (Å²) in [4.78, 5) is 29.0. The van der Waals surface area contributed by atoms with Crippen molar-refractivity contribution in [3.8, 4) is 5.75 Å². The number of nitrogens with zero attached hydrogens (tertiary/aromatic N) is 1. The van der Waals surface area contributed by atoms with Crippen LogP contribution < -0.4 is 15.4 Å². The highest BCUT2D eigenvalue weighted by atomic mass is 32.1. The summed E-state index contributed by atoms with van der Waals surface area (Å²) < 4.78 is 5.60. The van der Waals surface area contributed by atoms with Crippen LogP contribution in [0.3, 0.4) is 0 Å². The van der Waals surface area contributed by atoms with Crippen molar-refractivity contribution < 1.29 is 14.3 Å². The second-order valence-corrected chi connectivity index (χ2v) is 8.12. The van der Waals surface area contributed by atoms with Gasteiger partial charge in [-0.3, -0.25) is 14.9 Å². The molecule has 0 bridgehead atoms. The Balaban J connectivity index is 1.30. The van der Waals surface area contributed by atoms with Gasteiger partial charge in [-0.1, -0.05) is 29.8 Å². The Kier molecular flexibility index (Phi) is 5.57. The van der Waals surface area contributed by atoms with Gasteiger partial charge >= 0.3 is 0 Å². The van der Waals surface area contributed by atoms with Gasteiger partial charge in [-0.05, 0) is 42.7 Å². The van der Waals surface area contributed by atoms with Crippen LogP contribution >= 0.6 is 11.3 Å². The van der Waals surface area contributed by atoms with E-state index in [1.807, 2.05) is 12.1 Å². The zero-order valence-corrected chi connectivity index (χ0v) is 16.8. The van der Waals surface area contributed by atoms with Crippen molar-refractivity contribution >= 4 is 34.0 Å². The summed E-state index contributed by atoms with van der Waals surface area (Å²) in [5.74, 6) is 0.373. The van der Waals surface area contributed by atoms with Crippen LogP contribution in [-0.4, -0.2) is 23.4 Å². The third-order valence-corrected chi connectivity index (χ3v) is 5.52. The maximum atomic E-state index is 12.2. The lowest BCUT2D eigenvalue weighted by atomic mass is 10.0. The number of carbonyl (C=O) groups excluding carboxylic acids is 2. The molecule has 2 heterocycles. The number of carbonyl (C=O) groups is 2. The minimum Gasteiger partial charge on any atom is -0.484 e. The lowest BCUT2D eigenvalue weighted by molar-refractivity contribution is -0.118. The highest BCUT2D eigenvalue weighted by Gasteiger charge is 2.15. The van der Waals surface area contributed by atoms with E-state index in [1.165, 1.54) is 22.5 Å². The molecule has 1 aliphatic rings. The molecule has 0 unspecified atom stereocenters. The number of amides is 2. The summed E-state index contributed by atoms with van der Waals surface area (Å²) in [5.41, 5.74) is 4.27. The molecular formula is C22H21N3O3S. The molecule has 0 saturated carbocycles. The minimum absolute atomic E-state index is 0.0239. The number of anilines is 2. The summed E-state index contributed by atoms with van der Waals surface area (Å²) in [6, 6.07) is 13.8.